The number of esters is 1. The van der Waals surface area contributed by atoms with Gasteiger partial charge in [-0.3, -0.25) is 14.4 Å². The van der Waals surface area contributed by atoms with Crippen molar-refractivity contribution < 1.29 is 39.2 Å². The smallest absolute Gasteiger partial charge is 0.330 e. The number of amides is 3. The Morgan fingerprint density at radius 2 is 1.23 bits per heavy atom. The molecule has 0 saturated heterocycles. The second-order valence-corrected chi connectivity index (χ2v) is 11.2. The van der Waals surface area contributed by atoms with E-state index in [1.165, 1.54) is 45.4 Å². The van der Waals surface area contributed by atoms with Crippen LogP contribution in [0, 0.1) is 17.8 Å². The average Bonchev–Trinajstić information content (AvgIpc) is 2.92. The molecule has 0 aliphatic heterocycles. The van der Waals surface area contributed by atoms with Gasteiger partial charge in [0, 0.05) is 0 Å². The van der Waals surface area contributed by atoms with E-state index >= 15 is 0 Å². The van der Waals surface area contributed by atoms with Gasteiger partial charge in [-0.25, -0.2) is 4.79 Å². The molecule has 0 spiro atoms. The lowest BCUT2D eigenvalue weighted by Crippen LogP contribution is -2.60. The molecule has 40 heavy (non-hydrogen) atoms. The van der Waals surface area contributed by atoms with Gasteiger partial charge in [-0.1, -0.05) is 86.0 Å². The van der Waals surface area contributed by atoms with Crippen LogP contribution in [0.2, 0.25) is 0 Å². The van der Waals surface area contributed by atoms with E-state index in [4.69, 9.17) is 0 Å². The number of aliphatic hydroxyl groups is 3. The second kappa shape index (κ2) is 20.6. The first-order chi connectivity index (χ1) is 18.8. The number of unbranched alkanes of at least 4 members (excludes halogenated alkanes) is 7. The van der Waals surface area contributed by atoms with Gasteiger partial charge < -0.3 is 36.0 Å². The fraction of sp³-hybridized carbons (Fsp3) is 0.862. The van der Waals surface area contributed by atoms with Crippen molar-refractivity contribution in [1.29, 1.82) is 0 Å². The summed E-state index contributed by atoms with van der Waals surface area (Å²) in [5.41, 5.74) is 0. The molecule has 3 amide bonds. The molecule has 7 atom stereocenters. The van der Waals surface area contributed by atoms with Gasteiger partial charge in [-0.05, 0) is 25.2 Å². The van der Waals surface area contributed by atoms with Gasteiger partial charge in [0.2, 0.25) is 17.7 Å². The minimum atomic E-state index is -1.46. The molecular weight excluding hydrogens is 518 g/mol. The van der Waals surface area contributed by atoms with Crippen LogP contribution in [-0.2, 0) is 23.9 Å². The highest BCUT2D eigenvalue weighted by Gasteiger charge is 2.35. The van der Waals surface area contributed by atoms with Crippen LogP contribution in [0.5, 0.6) is 0 Å². The van der Waals surface area contributed by atoms with Crippen molar-refractivity contribution in [1.82, 2.24) is 16.0 Å². The molecule has 0 aromatic heterocycles. The summed E-state index contributed by atoms with van der Waals surface area (Å²) in [7, 11) is 1.09. The highest BCUT2D eigenvalue weighted by atomic mass is 16.5. The Labute approximate surface area is 240 Å². The third-order valence-corrected chi connectivity index (χ3v) is 7.32. The number of hydrogen-bond donors (Lipinski definition) is 6. The fourth-order valence-corrected chi connectivity index (χ4v) is 4.47. The van der Waals surface area contributed by atoms with Crippen LogP contribution < -0.4 is 16.0 Å². The van der Waals surface area contributed by atoms with Crippen LogP contribution >= 0.6 is 0 Å². The van der Waals surface area contributed by atoms with Crippen molar-refractivity contribution >= 4 is 23.7 Å². The molecule has 0 heterocycles. The van der Waals surface area contributed by atoms with Gasteiger partial charge in [-0.2, -0.15) is 0 Å². The SMILES string of the molecule is CCCCCCCCCC[C@H](C)[C@H](O)[C@@H](C)C(=O)N[C@H](C(=O)N[C@H](C(=O)N[C@@H](CO)C(=O)OC)[C@@H](C)O)C(C)C. The first kappa shape index (κ1) is 37.8. The molecule has 0 rings (SSSR count). The van der Waals surface area contributed by atoms with Crippen molar-refractivity contribution in [3.05, 3.63) is 0 Å². The number of ether oxygens (including phenoxy) is 1. The molecular formula is C29H55N3O8. The van der Waals surface area contributed by atoms with Gasteiger partial charge in [0.1, 0.15) is 12.1 Å². The van der Waals surface area contributed by atoms with Crippen molar-refractivity contribution in [2.24, 2.45) is 17.8 Å². The molecule has 0 radical (unpaired) electrons. The zero-order valence-electron chi connectivity index (χ0n) is 25.6. The number of aliphatic hydroxyl groups excluding tert-OH is 3. The lowest BCUT2D eigenvalue weighted by atomic mass is 9.88. The number of carbonyl (C=O) groups is 4. The summed E-state index contributed by atoms with van der Waals surface area (Å²) in [4.78, 5) is 50.4. The Balaban J connectivity index is 5.05. The van der Waals surface area contributed by atoms with E-state index in [-0.39, 0.29) is 11.8 Å². The summed E-state index contributed by atoms with van der Waals surface area (Å²) in [5, 5.41) is 37.6. The van der Waals surface area contributed by atoms with E-state index < -0.39 is 66.5 Å². The predicted molar refractivity (Wildman–Crippen MR) is 153 cm³/mol. The quantitative estimate of drug-likeness (QED) is 0.0890. The van der Waals surface area contributed by atoms with Crippen LogP contribution in [-0.4, -0.2) is 83.1 Å². The largest absolute Gasteiger partial charge is 0.467 e. The van der Waals surface area contributed by atoms with Crippen LogP contribution in [0.3, 0.4) is 0 Å². The number of hydrogen-bond acceptors (Lipinski definition) is 8. The Morgan fingerprint density at radius 3 is 1.70 bits per heavy atom. The molecule has 234 valence electrons. The normalized spacial score (nSPS) is 16.7. The van der Waals surface area contributed by atoms with Crippen LogP contribution in [0.4, 0.5) is 0 Å². The summed E-state index contributed by atoms with van der Waals surface area (Å²) in [6.07, 6.45) is 8.08. The maximum atomic E-state index is 13.1. The number of rotatable bonds is 21. The summed E-state index contributed by atoms with van der Waals surface area (Å²) in [5.74, 6) is -4.22. The minimum absolute atomic E-state index is 0.0928. The topological polar surface area (TPSA) is 174 Å². The molecule has 0 fully saturated rings. The summed E-state index contributed by atoms with van der Waals surface area (Å²) in [6, 6.07) is -3.88. The average molecular weight is 574 g/mol. The Kier molecular flexibility index (Phi) is 19.5. The molecule has 11 heteroatoms. The van der Waals surface area contributed by atoms with Crippen LogP contribution in [0.1, 0.15) is 99.3 Å². The molecule has 0 aliphatic carbocycles. The number of carbonyl (C=O) groups excluding carboxylic acids is 4. The van der Waals surface area contributed by atoms with E-state index in [0.29, 0.717) is 0 Å². The van der Waals surface area contributed by atoms with E-state index in [9.17, 15) is 34.5 Å². The summed E-state index contributed by atoms with van der Waals surface area (Å²) >= 11 is 0. The molecule has 6 N–H and O–H groups in total. The fourth-order valence-electron chi connectivity index (χ4n) is 4.47. The van der Waals surface area contributed by atoms with E-state index in [1.807, 2.05) is 6.92 Å². The standard InChI is InChI=1S/C29H55N3O8/c1-8-9-10-11-12-13-14-15-16-19(4)25(35)20(5)26(36)31-23(18(2)3)27(37)32-24(21(6)34)28(38)30-22(17-33)29(39)40-7/h18-25,33-35H,8-17H2,1-7H3,(H,30,38)(H,31,36)(H,32,37)/t19-,20+,21+,22-,23-,24-,25-/m0/s1. The van der Waals surface area contributed by atoms with E-state index in [1.54, 1.807) is 20.8 Å². The molecule has 0 unspecified atom stereocenters. The highest BCUT2D eigenvalue weighted by Crippen LogP contribution is 2.21. The number of nitrogens with one attached hydrogen (secondary N) is 3. The lowest BCUT2D eigenvalue weighted by molar-refractivity contribution is -0.147. The minimum Gasteiger partial charge on any atom is -0.467 e. The zero-order valence-corrected chi connectivity index (χ0v) is 25.6. The second-order valence-electron chi connectivity index (χ2n) is 11.2. The van der Waals surface area contributed by atoms with Gasteiger partial charge in [0.05, 0.1) is 31.8 Å². The van der Waals surface area contributed by atoms with Crippen molar-refractivity contribution in [3.63, 3.8) is 0 Å². The Morgan fingerprint density at radius 1 is 0.725 bits per heavy atom. The third-order valence-electron chi connectivity index (χ3n) is 7.32. The Hall–Kier alpha value is -2.24. The van der Waals surface area contributed by atoms with Crippen molar-refractivity contribution in [2.75, 3.05) is 13.7 Å². The van der Waals surface area contributed by atoms with Crippen molar-refractivity contribution in [3.8, 4) is 0 Å². The lowest BCUT2D eigenvalue weighted by Gasteiger charge is -2.29. The molecule has 0 bridgehead atoms. The number of methoxy groups -OCH3 is 1. The Bertz CT molecular complexity index is 762. The molecule has 0 aromatic rings. The van der Waals surface area contributed by atoms with Gasteiger partial charge in [-0.15, -0.1) is 0 Å². The monoisotopic (exact) mass is 573 g/mol. The predicted octanol–water partition coefficient (Wildman–Crippen LogP) is 1.81. The highest BCUT2D eigenvalue weighted by molar-refractivity contribution is 5.94. The molecule has 0 aromatic carbocycles. The maximum absolute atomic E-state index is 13.1. The van der Waals surface area contributed by atoms with Gasteiger partial charge in [0.25, 0.3) is 0 Å². The first-order valence-electron chi connectivity index (χ1n) is 14.8. The summed E-state index contributed by atoms with van der Waals surface area (Å²) < 4.78 is 4.51. The first-order valence-corrected chi connectivity index (χ1v) is 14.8. The van der Waals surface area contributed by atoms with Crippen molar-refractivity contribution in [2.45, 2.75) is 130 Å². The summed E-state index contributed by atoms with van der Waals surface area (Å²) in [6.45, 7) is 9.72. The van der Waals surface area contributed by atoms with Crippen LogP contribution in [0.15, 0.2) is 0 Å². The molecule has 0 aliphatic rings. The van der Waals surface area contributed by atoms with E-state index in [0.717, 1.165) is 26.4 Å². The molecule has 11 nitrogen and oxygen atoms in total. The third kappa shape index (κ3) is 13.9. The van der Waals surface area contributed by atoms with E-state index in [2.05, 4.69) is 27.6 Å². The maximum Gasteiger partial charge on any atom is 0.330 e. The van der Waals surface area contributed by atoms with Gasteiger partial charge in [0.15, 0.2) is 6.04 Å². The van der Waals surface area contributed by atoms with Crippen LogP contribution in [0.25, 0.3) is 0 Å². The van der Waals surface area contributed by atoms with Gasteiger partial charge >= 0.3 is 5.97 Å². The zero-order chi connectivity index (χ0) is 30.8. The molecule has 0 saturated carbocycles.